The molecule has 4 atom stereocenters. The molecule has 25 heavy (non-hydrogen) atoms. The fraction of sp³-hybridized carbons (Fsp3) is 0.391. The highest BCUT2D eigenvalue weighted by molar-refractivity contribution is 5.63. The topological polar surface area (TPSA) is 15.3 Å². The second-order valence-corrected chi connectivity index (χ2v) is 7.53. The lowest BCUT2D eigenvalue weighted by atomic mass is 9.75. The molecule has 0 spiro atoms. The first-order valence-corrected chi connectivity index (χ1v) is 9.55. The Labute approximate surface area is 151 Å². The minimum Gasteiger partial charge on any atom is -0.311 e. The van der Waals surface area contributed by atoms with Crippen LogP contribution in [0.1, 0.15) is 18.4 Å². The van der Waals surface area contributed by atoms with E-state index in [-0.39, 0.29) is 0 Å². The Morgan fingerprint density at radius 3 is 2.48 bits per heavy atom. The molecule has 3 heterocycles. The first-order chi connectivity index (χ1) is 12.3. The molecule has 0 saturated carbocycles. The first kappa shape index (κ1) is 16.6. The van der Waals surface area contributed by atoms with Gasteiger partial charge < -0.3 is 5.32 Å². The first-order valence-electron chi connectivity index (χ1n) is 9.55. The van der Waals surface area contributed by atoms with Crippen LogP contribution >= 0.6 is 0 Å². The Kier molecular flexibility index (Phi) is 5.00. The summed E-state index contributed by atoms with van der Waals surface area (Å²) in [4.78, 5) is 2.66. The van der Waals surface area contributed by atoms with E-state index in [2.05, 4.69) is 77.5 Å². The van der Waals surface area contributed by atoms with Gasteiger partial charge in [-0.15, -0.1) is 6.58 Å². The van der Waals surface area contributed by atoms with Crippen molar-refractivity contribution in [3.8, 4) is 11.1 Å². The van der Waals surface area contributed by atoms with Gasteiger partial charge in [0.2, 0.25) is 0 Å². The SMILES string of the molecule is C=CC1CN2CCC1CC2CNCc1ccc(-c2ccccc2)cc1. The van der Waals surface area contributed by atoms with E-state index < -0.39 is 0 Å². The average molecular weight is 332 g/mol. The lowest BCUT2D eigenvalue weighted by Gasteiger charge is -2.49. The fourth-order valence-corrected chi connectivity index (χ4v) is 4.49. The van der Waals surface area contributed by atoms with Crippen LogP contribution in [-0.4, -0.2) is 30.6 Å². The summed E-state index contributed by atoms with van der Waals surface area (Å²) in [5, 5.41) is 3.68. The molecule has 3 aliphatic rings. The number of rotatable bonds is 6. The van der Waals surface area contributed by atoms with Gasteiger partial charge in [-0.2, -0.15) is 0 Å². The van der Waals surface area contributed by atoms with Gasteiger partial charge in [-0.25, -0.2) is 0 Å². The van der Waals surface area contributed by atoms with Crippen LogP contribution in [-0.2, 0) is 6.54 Å². The lowest BCUT2D eigenvalue weighted by Crippen LogP contribution is -2.55. The number of hydrogen-bond donors (Lipinski definition) is 1. The normalized spacial score (nSPS) is 28.0. The molecule has 3 aliphatic heterocycles. The van der Waals surface area contributed by atoms with Crippen molar-refractivity contribution in [2.24, 2.45) is 11.8 Å². The molecule has 2 aromatic carbocycles. The van der Waals surface area contributed by atoms with Crippen LogP contribution in [0.4, 0.5) is 0 Å². The maximum atomic E-state index is 4.02. The molecule has 0 amide bonds. The van der Waals surface area contributed by atoms with Gasteiger partial charge in [0, 0.05) is 25.7 Å². The van der Waals surface area contributed by atoms with Crippen molar-refractivity contribution in [1.82, 2.24) is 10.2 Å². The Hall–Kier alpha value is -1.90. The van der Waals surface area contributed by atoms with Crippen molar-refractivity contribution in [2.75, 3.05) is 19.6 Å². The molecule has 4 unspecified atom stereocenters. The van der Waals surface area contributed by atoms with Gasteiger partial charge in [0.25, 0.3) is 0 Å². The molecule has 1 N–H and O–H groups in total. The molecule has 130 valence electrons. The van der Waals surface area contributed by atoms with E-state index >= 15 is 0 Å². The van der Waals surface area contributed by atoms with E-state index in [0.29, 0.717) is 6.04 Å². The Morgan fingerprint density at radius 2 is 1.80 bits per heavy atom. The van der Waals surface area contributed by atoms with Crippen molar-refractivity contribution in [2.45, 2.75) is 25.4 Å². The average Bonchev–Trinajstić information content (AvgIpc) is 2.69. The Bertz CT molecular complexity index is 692. The summed E-state index contributed by atoms with van der Waals surface area (Å²) in [5.41, 5.74) is 3.93. The van der Waals surface area contributed by atoms with Crippen molar-refractivity contribution >= 4 is 0 Å². The summed E-state index contributed by atoms with van der Waals surface area (Å²) in [6.45, 7) is 8.55. The van der Waals surface area contributed by atoms with Gasteiger partial charge in [0.05, 0.1) is 0 Å². The van der Waals surface area contributed by atoms with Gasteiger partial charge in [-0.3, -0.25) is 4.90 Å². The van der Waals surface area contributed by atoms with Crippen LogP contribution < -0.4 is 5.32 Å². The van der Waals surface area contributed by atoms with E-state index in [1.165, 1.54) is 42.6 Å². The molecule has 2 heteroatoms. The number of piperidine rings is 3. The third kappa shape index (κ3) is 3.70. The van der Waals surface area contributed by atoms with Gasteiger partial charge in [0.1, 0.15) is 0 Å². The van der Waals surface area contributed by atoms with Crippen molar-refractivity contribution in [3.05, 3.63) is 72.8 Å². The fourth-order valence-electron chi connectivity index (χ4n) is 4.49. The van der Waals surface area contributed by atoms with E-state index in [4.69, 9.17) is 0 Å². The van der Waals surface area contributed by atoms with Gasteiger partial charge >= 0.3 is 0 Å². The number of fused-ring (bicyclic) bond motifs is 3. The molecule has 3 fully saturated rings. The second-order valence-electron chi connectivity index (χ2n) is 7.53. The summed E-state index contributed by atoms with van der Waals surface area (Å²) < 4.78 is 0. The molecule has 2 bridgehead atoms. The molecule has 5 rings (SSSR count). The molecule has 2 aromatic rings. The second kappa shape index (κ2) is 7.55. The quantitative estimate of drug-likeness (QED) is 0.792. The highest BCUT2D eigenvalue weighted by atomic mass is 15.2. The predicted molar refractivity (Wildman–Crippen MR) is 105 cm³/mol. The zero-order valence-corrected chi connectivity index (χ0v) is 14.9. The summed E-state index contributed by atoms with van der Waals surface area (Å²) in [6.07, 6.45) is 4.86. The van der Waals surface area contributed by atoms with Gasteiger partial charge in [0.15, 0.2) is 0 Å². The smallest absolute Gasteiger partial charge is 0.0223 e. The van der Waals surface area contributed by atoms with Crippen LogP contribution in [0, 0.1) is 11.8 Å². The van der Waals surface area contributed by atoms with Crippen LogP contribution in [0.25, 0.3) is 11.1 Å². The largest absolute Gasteiger partial charge is 0.311 e. The molecular formula is C23H28N2. The standard InChI is InChI=1S/C23H28N2/c1-2-19-17-25-13-12-22(19)14-23(25)16-24-15-18-8-10-21(11-9-18)20-6-4-3-5-7-20/h2-11,19,22-24H,1,12-17H2. The van der Waals surface area contributed by atoms with Crippen molar-refractivity contribution < 1.29 is 0 Å². The molecule has 0 aliphatic carbocycles. The summed E-state index contributed by atoms with van der Waals surface area (Å²) in [7, 11) is 0. The zero-order chi connectivity index (χ0) is 17.1. The van der Waals surface area contributed by atoms with E-state index in [9.17, 15) is 0 Å². The number of hydrogen-bond acceptors (Lipinski definition) is 2. The Balaban J connectivity index is 1.29. The highest BCUT2D eigenvalue weighted by Gasteiger charge is 2.38. The minimum atomic E-state index is 0.707. The van der Waals surface area contributed by atoms with Crippen LogP contribution in [0.5, 0.6) is 0 Å². The Morgan fingerprint density at radius 1 is 1.04 bits per heavy atom. The third-order valence-electron chi connectivity index (χ3n) is 6.00. The molecule has 3 saturated heterocycles. The van der Waals surface area contributed by atoms with Crippen LogP contribution in [0.15, 0.2) is 67.3 Å². The number of nitrogens with one attached hydrogen (secondary N) is 1. The number of nitrogens with zero attached hydrogens (tertiary/aromatic N) is 1. The van der Waals surface area contributed by atoms with Crippen LogP contribution in [0.2, 0.25) is 0 Å². The molecule has 2 nitrogen and oxygen atoms in total. The summed E-state index contributed by atoms with van der Waals surface area (Å²) in [5.74, 6) is 1.58. The zero-order valence-electron chi connectivity index (χ0n) is 14.9. The third-order valence-corrected chi connectivity index (χ3v) is 6.00. The van der Waals surface area contributed by atoms with Crippen LogP contribution in [0.3, 0.4) is 0 Å². The summed E-state index contributed by atoms with van der Waals surface area (Å²) in [6, 6.07) is 20.2. The number of benzene rings is 2. The monoisotopic (exact) mass is 332 g/mol. The highest BCUT2D eigenvalue weighted by Crippen LogP contribution is 2.36. The lowest BCUT2D eigenvalue weighted by molar-refractivity contribution is 0.0195. The minimum absolute atomic E-state index is 0.707. The maximum absolute atomic E-state index is 4.02. The molecular weight excluding hydrogens is 304 g/mol. The van der Waals surface area contributed by atoms with Gasteiger partial charge in [-0.1, -0.05) is 60.7 Å². The van der Waals surface area contributed by atoms with E-state index in [0.717, 1.165) is 24.9 Å². The van der Waals surface area contributed by atoms with Crippen molar-refractivity contribution in [1.29, 1.82) is 0 Å². The predicted octanol–water partition coefficient (Wildman–Crippen LogP) is 4.34. The van der Waals surface area contributed by atoms with E-state index in [1.54, 1.807) is 0 Å². The van der Waals surface area contributed by atoms with Crippen molar-refractivity contribution in [3.63, 3.8) is 0 Å². The maximum Gasteiger partial charge on any atom is 0.0223 e. The molecule has 0 aromatic heterocycles. The molecule has 0 radical (unpaired) electrons. The van der Waals surface area contributed by atoms with E-state index in [1.807, 2.05) is 0 Å². The summed E-state index contributed by atoms with van der Waals surface area (Å²) >= 11 is 0. The van der Waals surface area contributed by atoms with Gasteiger partial charge in [-0.05, 0) is 47.9 Å².